The number of benzene rings is 2. The van der Waals surface area contributed by atoms with Gasteiger partial charge in [0.25, 0.3) is 10.7 Å². The number of esters is 1. The first-order valence-corrected chi connectivity index (χ1v) is 9.68. The predicted octanol–water partition coefficient (Wildman–Crippen LogP) is 3.91. The third-order valence-electron chi connectivity index (χ3n) is 3.95. The molecule has 1 heterocycles. The highest BCUT2D eigenvalue weighted by molar-refractivity contribution is 7.71. The van der Waals surface area contributed by atoms with Gasteiger partial charge < -0.3 is 19.2 Å². The standard InChI is InChI=1S/C21H21N3O5S/c1-3-27-20(26)15-7-5-8-16(11-15)22-18(25)12-24-21(30)29-19(23-24)13-28-17-9-4-6-14(2)10-17/h4-11H,3,12-13H2,1-2H3,(H,22,25). The minimum absolute atomic E-state index is 0.0632. The monoisotopic (exact) mass is 427 g/mol. The summed E-state index contributed by atoms with van der Waals surface area (Å²) in [6.07, 6.45) is 0. The Kier molecular flexibility index (Phi) is 6.97. The first kappa shape index (κ1) is 21.3. The molecule has 1 amide bonds. The number of anilines is 1. The fourth-order valence-corrected chi connectivity index (χ4v) is 2.83. The number of hydrogen-bond acceptors (Lipinski definition) is 7. The van der Waals surface area contributed by atoms with E-state index in [-0.39, 0.29) is 36.4 Å². The van der Waals surface area contributed by atoms with Gasteiger partial charge in [0.15, 0.2) is 6.61 Å². The van der Waals surface area contributed by atoms with E-state index in [1.54, 1.807) is 31.2 Å². The molecule has 0 aliphatic rings. The van der Waals surface area contributed by atoms with Crippen LogP contribution >= 0.6 is 12.2 Å². The van der Waals surface area contributed by atoms with E-state index >= 15 is 0 Å². The van der Waals surface area contributed by atoms with Crippen LogP contribution in [0.5, 0.6) is 5.75 Å². The summed E-state index contributed by atoms with van der Waals surface area (Å²) in [7, 11) is 0. The van der Waals surface area contributed by atoms with Crippen molar-refractivity contribution in [2.45, 2.75) is 27.0 Å². The molecule has 0 bridgehead atoms. The molecular weight excluding hydrogens is 406 g/mol. The van der Waals surface area contributed by atoms with E-state index in [1.807, 2.05) is 31.2 Å². The number of nitrogens with one attached hydrogen (secondary N) is 1. The summed E-state index contributed by atoms with van der Waals surface area (Å²) in [6.45, 7) is 3.91. The van der Waals surface area contributed by atoms with E-state index in [0.29, 0.717) is 17.0 Å². The molecule has 1 N–H and O–H groups in total. The van der Waals surface area contributed by atoms with Crippen molar-refractivity contribution in [2.24, 2.45) is 0 Å². The zero-order valence-corrected chi connectivity index (χ0v) is 17.4. The van der Waals surface area contributed by atoms with Gasteiger partial charge in [-0.05, 0) is 62.0 Å². The lowest BCUT2D eigenvalue weighted by Crippen LogP contribution is -2.20. The van der Waals surface area contributed by atoms with Crippen LogP contribution in [0.4, 0.5) is 5.69 Å². The first-order chi connectivity index (χ1) is 14.4. The second-order valence-corrected chi connectivity index (χ2v) is 6.72. The first-order valence-electron chi connectivity index (χ1n) is 9.28. The number of aromatic nitrogens is 2. The number of carbonyl (C=O) groups is 2. The smallest absolute Gasteiger partial charge is 0.338 e. The van der Waals surface area contributed by atoms with Crippen molar-refractivity contribution in [1.29, 1.82) is 0 Å². The third-order valence-corrected chi connectivity index (χ3v) is 4.24. The Bertz CT molecular complexity index is 1110. The summed E-state index contributed by atoms with van der Waals surface area (Å²) in [5.41, 5.74) is 1.88. The largest absolute Gasteiger partial charge is 0.484 e. The molecule has 1 aromatic heterocycles. The molecule has 0 aliphatic carbocycles. The van der Waals surface area contributed by atoms with Crippen LogP contribution in [0.1, 0.15) is 28.7 Å². The summed E-state index contributed by atoms with van der Waals surface area (Å²) in [5, 5.41) is 6.89. The Morgan fingerprint density at radius 2 is 2.00 bits per heavy atom. The van der Waals surface area contributed by atoms with E-state index in [1.165, 1.54) is 4.68 Å². The average Bonchev–Trinajstić information content (AvgIpc) is 3.06. The van der Waals surface area contributed by atoms with Gasteiger partial charge in [-0.15, -0.1) is 5.10 Å². The lowest BCUT2D eigenvalue weighted by molar-refractivity contribution is -0.117. The summed E-state index contributed by atoms with van der Waals surface area (Å²) >= 11 is 5.13. The molecule has 0 spiro atoms. The van der Waals surface area contributed by atoms with Gasteiger partial charge in [0, 0.05) is 5.69 Å². The van der Waals surface area contributed by atoms with E-state index in [9.17, 15) is 9.59 Å². The van der Waals surface area contributed by atoms with E-state index < -0.39 is 5.97 Å². The van der Waals surface area contributed by atoms with Gasteiger partial charge in [0.1, 0.15) is 12.3 Å². The Morgan fingerprint density at radius 1 is 1.20 bits per heavy atom. The quantitative estimate of drug-likeness (QED) is 0.430. The molecule has 0 aliphatic heterocycles. The molecule has 0 fully saturated rings. The molecule has 3 aromatic rings. The molecule has 0 radical (unpaired) electrons. The Balaban J connectivity index is 1.60. The summed E-state index contributed by atoms with van der Waals surface area (Å²) in [6, 6.07) is 14.1. The van der Waals surface area contributed by atoms with Crippen LogP contribution in [-0.2, 0) is 22.7 Å². The Labute approximate surface area is 178 Å². The van der Waals surface area contributed by atoms with Crippen molar-refractivity contribution >= 4 is 29.8 Å². The van der Waals surface area contributed by atoms with Crippen LogP contribution in [0.25, 0.3) is 0 Å². The highest BCUT2D eigenvalue weighted by atomic mass is 32.1. The van der Waals surface area contributed by atoms with Gasteiger partial charge in [-0.3, -0.25) is 4.79 Å². The van der Waals surface area contributed by atoms with Crippen LogP contribution in [0.3, 0.4) is 0 Å². The average molecular weight is 427 g/mol. The number of nitrogens with zero attached hydrogens (tertiary/aromatic N) is 2. The number of amides is 1. The second-order valence-electron chi connectivity index (χ2n) is 6.37. The molecule has 30 heavy (non-hydrogen) atoms. The highest BCUT2D eigenvalue weighted by Crippen LogP contribution is 2.15. The van der Waals surface area contributed by atoms with Gasteiger partial charge in [-0.25, -0.2) is 9.48 Å². The molecule has 3 rings (SSSR count). The van der Waals surface area contributed by atoms with Crippen LogP contribution in [-0.4, -0.2) is 28.3 Å². The SMILES string of the molecule is CCOC(=O)c1cccc(NC(=O)Cn2nc(COc3cccc(C)c3)oc2=S)c1. The lowest BCUT2D eigenvalue weighted by atomic mass is 10.2. The van der Waals surface area contributed by atoms with Crippen molar-refractivity contribution < 1.29 is 23.5 Å². The van der Waals surface area contributed by atoms with Crippen molar-refractivity contribution in [2.75, 3.05) is 11.9 Å². The maximum atomic E-state index is 12.4. The zero-order chi connectivity index (χ0) is 21.5. The maximum Gasteiger partial charge on any atom is 0.338 e. The zero-order valence-electron chi connectivity index (χ0n) is 16.6. The van der Waals surface area contributed by atoms with Crippen LogP contribution in [0.2, 0.25) is 0 Å². The summed E-state index contributed by atoms with van der Waals surface area (Å²) in [4.78, 5) is 24.2. The minimum Gasteiger partial charge on any atom is -0.484 e. The molecule has 0 unspecified atom stereocenters. The third kappa shape index (κ3) is 5.77. The van der Waals surface area contributed by atoms with Gasteiger partial charge >= 0.3 is 5.97 Å². The molecule has 0 saturated heterocycles. The molecule has 0 atom stereocenters. The van der Waals surface area contributed by atoms with Crippen LogP contribution in [0.15, 0.2) is 52.9 Å². The number of rotatable bonds is 8. The van der Waals surface area contributed by atoms with Crippen molar-refractivity contribution in [3.8, 4) is 5.75 Å². The number of hydrogen-bond donors (Lipinski definition) is 1. The van der Waals surface area contributed by atoms with Crippen molar-refractivity contribution in [3.63, 3.8) is 0 Å². The van der Waals surface area contributed by atoms with E-state index in [4.69, 9.17) is 26.1 Å². The van der Waals surface area contributed by atoms with Gasteiger partial charge in [-0.2, -0.15) is 0 Å². The number of carbonyl (C=O) groups excluding carboxylic acids is 2. The van der Waals surface area contributed by atoms with E-state index in [2.05, 4.69) is 10.4 Å². The second kappa shape index (κ2) is 9.84. The normalized spacial score (nSPS) is 10.5. The molecule has 156 valence electrons. The highest BCUT2D eigenvalue weighted by Gasteiger charge is 2.12. The van der Waals surface area contributed by atoms with Gasteiger partial charge in [0.2, 0.25) is 5.91 Å². The Morgan fingerprint density at radius 3 is 2.77 bits per heavy atom. The topological polar surface area (TPSA) is 95.6 Å². The molecule has 9 heteroatoms. The summed E-state index contributed by atoms with van der Waals surface area (Å²) < 4.78 is 17.3. The number of ether oxygens (including phenoxy) is 2. The van der Waals surface area contributed by atoms with Crippen LogP contribution < -0.4 is 10.1 Å². The molecule has 0 saturated carbocycles. The van der Waals surface area contributed by atoms with E-state index in [0.717, 1.165) is 5.56 Å². The van der Waals surface area contributed by atoms with Crippen molar-refractivity contribution in [1.82, 2.24) is 9.78 Å². The predicted molar refractivity (Wildman–Crippen MR) is 112 cm³/mol. The lowest BCUT2D eigenvalue weighted by Gasteiger charge is -2.07. The van der Waals surface area contributed by atoms with Crippen LogP contribution in [0, 0.1) is 11.8 Å². The van der Waals surface area contributed by atoms with Gasteiger partial charge in [-0.1, -0.05) is 18.2 Å². The molecule has 2 aromatic carbocycles. The Hall–Kier alpha value is -3.46. The number of aryl methyl sites for hydroxylation is 1. The van der Waals surface area contributed by atoms with Crippen molar-refractivity contribution in [3.05, 3.63) is 70.4 Å². The summed E-state index contributed by atoms with van der Waals surface area (Å²) in [5.74, 6) is 0.126. The fourth-order valence-electron chi connectivity index (χ4n) is 2.63. The fraction of sp³-hybridized carbons (Fsp3) is 0.238. The minimum atomic E-state index is -0.453. The molecule has 8 nitrogen and oxygen atoms in total. The van der Waals surface area contributed by atoms with Gasteiger partial charge in [0.05, 0.1) is 12.2 Å². The molecular formula is C21H21N3O5S. The maximum absolute atomic E-state index is 12.4.